The third kappa shape index (κ3) is 6.43. The van der Waals surface area contributed by atoms with Crippen LogP contribution in [0.15, 0.2) is 48.5 Å². The van der Waals surface area contributed by atoms with E-state index in [0.29, 0.717) is 22.3 Å². The van der Waals surface area contributed by atoms with Crippen molar-refractivity contribution in [3.8, 4) is 5.75 Å². The maximum Gasteiger partial charge on any atom is 0.261 e. The maximum absolute atomic E-state index is 12.9. The zero-order valence-corrected chi connectivity index (χ0v) is 17.5. The number of carbonyl (C=O) groups is 2. The first kappa shape index (κ1) is 22.1. The Labute approximate surface area is 175 Å². The summed E-state index contributed by atoms with van der Waals surface area (Å²) in [6.07, 6.45) is 0.816. The van der Waals surface area contributed by atoms with E-state index >= 15 is 0 Å². The minimum atomic E-state index is -0.659. The summed E-state index contributed by atoms with van der Waals surface area (Å²) < 4.78 is 5.57. The number of rotatable bonds is 9. The smallest absolute Gasteiger partial charge is 0.261 e. The van der Waals surface area contributed by atoms with E-state index in [1.165, 1.54) is 4.90 Å². The van der Waals surface area contributed by atoms with Crippen LogP contribution in [-0.2, 0) is 16.1 Å². The van der Waals surface area contributed by atoms with Crippen molar-refractivity contribution in [2.24, 2.45) is 0 Å². The molecule has 0 unspecified atom stereocenters. The predicted molar refractivity (Wildman–Crippen MR) is 112 cm³/mol. The molecule has 1 atom stereocenters. The molecule has 0 aliphatic rings. The number of ether oxygens (including phenoxy) is 1. The fourth-order valence-electron chi connectivity index (χ4n) is 2.59. The molecular formula is C21H24Cl2N2O3. The molecule has 0 aromatic heterocycles. The summed E-state index contributed by atoms with van der Waals surface area (Å²) in [5, 5.41) is 3.82. The van der Waals surface area contributed by atoms with Crippen LogP contribution in [-0.4, -0.2) is 35.9 Å². The Morgan fingerprint density at radius 3 is 2.57 bits per heavy atom. The van der Waals surface area contributed by atoms with Gasteiger partial charge in [0.15, 0.2) is 6.61 Å². The van der Waals surface area contributed by atoms with Crippen molar-refractivity contribution < 1.29 is 14.3 Å². The Hall–Kier alpha value is -2.24. The van der Waals surface area contributed by atoms with Crippen LogP contribution in [0.5, 0.6) is 5.75 Å². The Morgan fingerprint density at radius 1 is 1.14 bits per heavy atom. The van der Waals surface area contributed by atoms with Gasteiger partial charge in [-0.2, -0.15) is 0 Å². The summed E-state index contributed by atoms with van der Waals surface area (Å²) in [5.74, 6) is -0.114. The number of para-hydroxylation sites is 1. The second-order valence-electron chi connectivity index (χ2n) is 6.34. The predicted octanol–water partition coefficient (Wildman–Crippen LogP) is 4.32. The van der Waals surface area contributed by atoms with Crippen LogP contribution in [0, 0.1) is 0 Å². The topological polar surface area (TPSA) is 58.6 Å². The molecule has 0 saturated carbocycles. The second kappa shape index (κ2) is 10.9. The van der Waals surface area contributed by atoms with Gasteiger partial charge in [-0.1, -0.05) is 54.4 Å². The molecule has 5 nitrogen and oxygen atoms in total. The number of nitrogens with zero attached hydrogens (tertiary/aromatic N) is 1. The van der Waals surface area contributed by atoms with Crippen molar-refractivity contribution in [1.29, 1.82) is 0 Å². The van der Waals surface area contributed by atoms with E-state index in [1.54, 1.807) is 43.3 Å². The number of benzene rings is 2. The van der Waals surface area contributed by atoms with Gasteiger partial charge in [-0.25, -0.2) is 0 Å². The summed E-state index contributed by atoms with van der Waals surface area (Å²) in [4.78, 5) is 26.8. The molecule has 2 aromatic carbocycles. The molecule has 1 N–H and O–H groups in total. The molecule has 0 aliphatic carbocycles. The molecule has 7 heteroatoms. The average Bonchev–Trinajstić information content (AvgIpc) is 2.69. The molecule has 0 bridgehead atoms. The molecule has 0 fully saturated rings. The first-order valence-corrected chi connectivity index (χ1v) is 9.87. The van der Waals surface area contributed by atoms with Crippen LogP contribution >= 0.6 is 23.2 Å². The Kier molecular flexibility index (Phi) is 8.61. The first-order chi connectivity index (χ1) is 13.4. The van der Waals surface area contributed by atoms with E-state index in [9.17, 15) is 9.59 Å². The van der Waals surface area contributed by atoms with Gasteiger partial charge in [-0.3, -0.25) is 9.59 Å². The third-order valence-electron chi connectivity index (χ3n) is 4.15. The minimum Gasteiger partial charge on any atom is -0.482 e. The van der Waals surface area contributed by atoms with E-state index in [4.69, 9.17) is 27.9 Å². The van der Waals surface area contributed by atoms with E-state index in [0.717, 1.165) is 12.0 Å². The lowest BCUT2D eigenvalue weighted by Gasteiger charge is -2.28. The molecule has 0 radical (unpaired) electrons. The molecule has 2 rings (SSSR count). The lowest BCUT2D eigenvalue weighted by Crippen LogP contribution is -2.49. The second-order valence-corrected chi connectivity index (χ2v) is 7.18. The van der Waals surface area contributed by atoms with Gasteiger partial charge in [0.05, 0.1) is 5.02 Å². The molecule has 2 aromatic rings. The average molecular weight is 423 g/mol. The van der Waals surface area contributed by atoms with Crippen LogP contribution in [0.2, 0.25) is 10.0 Å². The lowest BCUT2D eigenvalue weighted by molar-refractivity contribution is -0.142. The van der Waals surface area contributed by atoms with Crippen molar-refractivity contribution in [3.05, 3.63) is 64.1 Å². The van der Waals surface area contributed by atoms with E-state index in [2.05, 4.69) is 5.32 Å². The Balaban J connectivity index is 2.14. The summed E-state index contributed by atoms with van der Waals surface area (Å²) in [7, 11) is 0. The molecule has 0 spiro atoms. The van der Waals surface area contributed by atoms with Gasteiger partial charge >= 0.3 is 0 Å². The largest absolute Gasteiger partial charge is 0.482 e. The van der Waals surface area contributed by atoms with Crippen LogP contribution in [0.25, 0.3) is 0 Å². The van der Waals surface area contributed by atoms with Gasteiger partial charge in [0.2, 0.25) is 5.91 Å². The summed E-state index contributed by atoms with van der Waals surface area (Å²) in [6.45, 7) is 4.24. The normalized spacial score (nSPS) is 11.6. The van der Waals surface area contributed by atoms with Gasteiger partial charge in [0.25, 0.3) is 5.91 Å². The van der Waals surface area contributed by atoms with Crippen molar-refractivity contribution in [2.75, 3.05) is 13.2 Å². The third-order valence-corrected chi connectivity index (χ3v) is 4.69. The van der Waals surface area contributed by atoms with Crippen LogP contribution in [0.3, 0.4) is 0 Å². The number of hydrogen-bond donors (Lipinski definition) is 1. The van der Waals surface area contributed by atoms with E-state index in [-0.39, 0.29) is 25.0 Å². The van der Waals surface area contributed by atoms with Crippen LogP contribution in [0.4, 0.5) is 0 Å². The van der Waals surface area contributed by atoms with E-state index in [1.807, 2.05) is 19.1 Å². The highest BCUT2D eigenvalue weighted by atomic mass is 35.5. The summed E-state index contributed by atoms with van der Waals surface area (Å²) >= 11 is 12.1. The fraction of sp³-hybridized carbons (Fsp3) is 0.333. The molecular weight excluding hydrogens is 399 g/mol. The number of amides is 2. The molecule has 0 saturated heterocycles. The fourth-order valence-corrected chi connectivity index (χ4v) is 3.00. The van der Waals surface area contributed by atoms with Crippen molar-refractivity contribution in [1.82, 2.24) is 10.2 Å². The van der Waals surface area contributed by atoms with Crippen LogP contribution in [0.1, 0.15) is 25.8 Å². The minimum absolute atomic E-state index is 0.213. The van der Waals surface area contributed by atoms with Crippen molar-refractivity contribution in [2.45, 2.75) is 32.9 Å². The van der Waals surface area contributed by atoms with Crippen molar-refractivity contribution in [3.63, 3.8) is 0 Å². The number of nitrogens with one attached hydrogen (secondary N) is 1. The number of hydrogen-bond acceptors (Lipinski definition) is 3. The van der Waals surface area contributed by atoms with Gasteiger partial charge in [0.1, 0.15) is 11.8 Å². The highest BCUT2D eigenvalue weighted by molar-refractivity contribution is 6.32. The first-order valence-electron chi connectivity index (χ1n) is 9.11. The molecule has 2 amide bonds. The van der Waals surface area contributed by atoms with E-state index < -0.39 is 6.04 Å². The van der Waals surface area contributed by atoms with Gasteiger partial charge in [0, 0.05) is 18.1 Å². The zero-order valence-electron chi connectivity index (χ0n) is 16.0. The lowest BCUT2D eigenvalue weighted by atomic mass is 10.1. The Morgan fingerprint density at radius 2 is 1.89 bits per heavy atom. The number of carbonyl (C=O) groups excluding carboxylic acids is 2. The summed E-state index contributed by atoms with van der Waals surface area (Å²) in [5.41, 5.74) is 0.828. The molecule has 28 heavy (non-hydrogen) atoms. The highest BCUT2D eigenvalue weighted by Crippen LogP contribution is 2.23. The van der Waals surface area contributed by atoms with Crippen molar-refractivity contribution >= 4 is 35.0 Å². The highest BCUT2D eigenvalue weighted by Gasteiger charge is 2.26. The van der Waals surface area contributed by atoms with Gasteiger partial charge in [-0.15, -0.1) is 0 Å². The quantitative estimate of drug-likeness (QED) is 0.654. The standard InChI is InChI=1S/C21H24Cl2N2O3/c1-3-11-24-21(27)15(2)25(13-16-7-6-8-17(22)12-16)20(26)14-28-19-10-5-4-9-18(19)23/h4-10,12,15H,3,11,13-14H2,1-2H3,(H,24,27)/t15-/m0/s1. The molecule has 0 heterocycles. The monoisotopic (exact) mass is 422 g/mol. The SMILES string of the molecule is CCCNC(=O)[C@H](C)N(Cc1cccc(Cl)c1)C(=O)COc1ccccc1Cl. The molecule has 150 valence electrons. The Bertz CT molecular complexity index is 814. The zero-order chi connectivity index (χ0) is 20.5. The van der Waals surface area contributed by atoms with Crippen LogP contribution < -0.4 is 10.1 Å². The van der Waals surface area contributed by atoms with Gasteiger partial charge < -0.3 is 15.0 Å². The number of halogens is 2. The molecule has 0 aliphatic heterocycles. The maximum atomic E-state index is 12.9. The summed E-state index contributed by atoms with van der Waals surface area (Å²) in [6, 6.07) is 13.5. The van der Waals surface area contributed by atoms with Gasteiger partial charge in [-0.05, 0) is 43.2 Å².